The molecule has 0 fully saturated rings. The van der Waals surface area contributed by atoms with Crippen LogP contribution in [0, 0.1) is 10.1 Å². The highest BCUT2D eigenvalue weighted by Gasteiger charge is 2.17. The lowest BCUT2D eigenvalue weighted by atomic mass is 10.1. The molecule has 0 atom stereocenters. The van der Waals surface area contributed by atoms with Crippen LogP contribution in [0.2, 0.25) is 0 Å². The van der Waals surface area contributed by atoms with Crippen molar-refractivity contribution in [3.8, 4) is 17.2 Å². The second-order valence-electron chi connectivity index (χ2n) is 6.12. The molecule has 3 N–H and O–H groups in total. The number of ether oxygens (including phenoxy) is 2. The Balaban J connectivity index is 1.60. The molecular weight excluding hydrogens is 440 g/mol. The van der Waals surface area contributed by atoms with E-state index in [9.17, 15) is 20.0 Å². The first kappa shape index (κ1) is 22.6. The molecule has 0 saturated heterocycles. The van der Waals surface area contributed by atoms with E-state index in [-0.39, 0.29) is 40.2 Å². The third-order valence-electron chi connectivity index (χ3n) is 4.11. The van der Waals surface area contributed by atoms with Crippen LogP contribution in [0.4, 0.5) is 11.6 Å². The van der Waals surface area contributed by atoms with E-state index in [0.29, 0.717) is 16.5 Å². The summed E-state index contributed by atoms with van der Waals surface area (Å²) in [6, 6.07) is 9.03. The summed E-state index contributed by atoms with van der Waals surface area (Å²) in [5, 5.41) is 31.7. The zero-order valence-electron chi connectivity index (χ0n) is 16.9. The number of H-pyrrole nitrogens is 1. The average Bonchev–Trinajstić information content (AvgIpc) is 3.25. The fourth-order valence-corrected chi connectivity index (χ4v) is 3.21. The molecule has 0 bridgehead atoms. The van der Waals surface area contributed by atoms with Crippen LogP contribution in [0.25, 0.3) is 0 Å². The van der Waals surface area contributed by atoms with Crippen molar-refractivity contribution in [2.24, 2.45) is 5.10 Å². The number of carbonyl (C=O) groups excluding carboxylic acids is 1. The molecule has 0 unspecified atom stereocenters. The van der Waals surface area contributed by atoms with E-state index < -0.39 is 4.92 Å². The second kappa shape index (κ2) is 10.3. The molecule has 2 aromatic carbocycles. The van der Waals surface area contributed by atoms with Crippen molar-refractivity contribution in [2.45, 2.75) is 5.16 Å². The van der Waals surface area contributed by atoms with Gasteiger partial charge in [0.05, 0.1) is 42.7 Å². The van der Waals surface area contributed by atoms with Crippen molar-refractivity contribution in [1.82, 2.24) is 15.2 Å². The monoisotopic (exact) mass is 458 g/mol. The molecule has 3 aromatic rings. The largest absolute Gasteiger partial charge is 0.504 e. The van der Waals surface area contributed by atoms with Gasteiger partial charge in [-0.1, -0.05) is 11.8 Å². The zero-order valence-corrected chi connectivity index (χ0v) is 17.8. The van der Waals surface area contributed by atoms with Crippen LogP contribution >= 0.6 is 11.8 Å². The Morgan fingerprint density at radius 3 is 2.72 bits per heavy atom. The summed E-state index contributed by atoms with van der Waals surface area (Å²) in [6.45, 7) is 0. The van der Waals surface area contributed by atoms with Gasteiger partial charge < -0.3 is 14.6 Å². The van der Waals surface area contributed by atoms with E-state index in [2.05, 4.69) is 25.7 Å². The first-order valence-corrected chi connectivity index (χ1v) is 9.96. The Bertz CT molecular complexity index is 1150. The molecule has 13 heteroatoms. The van der Waals surface area contributed by atoms with Crippen LogP contribution in [0.1, 0.15) is 15.9 Å². The molecular formula is C19H18N6O6S. The van der Waals surface area contributed by atoms with E-state index in [4.69, 9.17) is 9.47 Å². The molecule has 32 heavy (non-hydrogen) atoms. The van der Waals surface area contributed by atoms with Gasteiger partial charge >= 0.3 is 0 Å². The summed E-state index contributed by atoms with van der Waals surface area (Å²) in [5.41, 5.74) is 2.87. The summed E-state index contributed by atoms with van der Waals surface area (Å²) in [7, 11) is 2.88. The standard InChI is InChI=1S/C19H18N6O6S/c1-30-13-5-3-11(4-6-13)16(27)10-32-19-21-18(23-24-19)22-20-9-12-7-17(31-2)15(26)8-14(12)25(28)29/h3-9,26H,10H2,1-2H3,(H2,21,22,23,24)/b20-9-. The topological polar surface area (TPSA) is 165 Å². The van der Waals surface area contributed by atoms with Gasteiger partial charge in [-0.05, 0) is 30.3 Å². The first-order valence-electron chi connectivity index (χ1n) is 8.98. The van der Waals surface area contributed by atoms with Crippen LogP contribution in [0.5, 0.6) is 17.2 Å². The minimum absolute atomic E-state index is 0.0666. The van der Waals surface area contributed by atoms with Gasteiger partial charge in [0.15, 0.2) is 17.3 Å². The number of methoxy groups -OCH3 is 2. The molecule has 1 aromatic heterocycles. The maximum Gasteiger partial charge on any atom is 0.282 e. The van der Waals surface area contributed by atoms with Gasteiger partial charge in [0.25, 0.3) is 5.69 Å². The lowest BCUT2D eigenvalue weighted by molar-refractivity contribution is -0.385. The maximum absolute atomic E-state index is 12.3. The van der Waals surface area contributed by atoms with Crippen molar-refractivity contribution >= 4 is 35.4 Å². The molecule has 1 heterocycles. The number of thioether (sulfide) groups is 1. The van der Waals surface area contributed by atoms with Gasteiger partial charge in [0.1, 0.15) is 5.75 Å². The predicted molar refractivity (Wildman–Crippen MR) is 117 cm³/mol. The molecule has 0 saturated carbocycles. The Kier molecular flexibility index (Phi) is 7.23. The number of aromatic amines is 1. The number of aromatic nitrogens is 3. The number of aromatic hydroxyl groups is 1. The minimum Gasteiger partial charge on any atom is -0.504 e. The van der Waals surface area contributed by atoms with E-state index in [0.717, 1.165) is 17.8 Å². The number of benzene rings is 2. The fourth-order valence-electron chi connectivity index (χ4n) is 2.51. The molecule has 0 aliphatic carbocycles. The smallest absolute Gasteiger partial charge is 0.282 e. The number of ketones is 1. The van der Waals surface area contributed by atoms with Gasteiger partial charge in [-0.3, -0.25) is 14.9 Å². The van der Waals surface area contributed by atoms with Crippen LogP contribution in [-0.4, -0.2) is 57.2 Å². The second-order valence-corrected chi connectivity index (χ2v) is 7.06. The highest BCUT2D eigenvalue weighted by atomic mass is 32.2. The maximum atomic E-state index is 12.3. The van der Waals surface area contributed by atoms with Gasteiger partial charge in [-0.25, -0.2) is 10.5 Å². The number of phenols is 1. The van der Waals surface area contributed by atoms with Gasteiger partial charge in [-0.2, -0.15) is 10.1 Å². The average molecular weight is 458 g/mol. The molecule has 3 rings (SSSR count). The number of hydrogen-bond acceptors (Lipinski definition) is 11. The summed E-state index contributed by atoms with van der Waals surface area (Å²) >= 11 is 1.14. The first-order chi connectivity index (χ1) is 15.4. The number of rotatable bonds is 10. The fraction of sp³-hybridized carbons (Fsp3) is 0.158. The molecule has 0 amide bonds. The number of phenolic OH excluding ortho intramolecular Hbond substituents is 1. The minimum atomic E-state index is -0.649. The number of carbonyl (C=O) groups is 1. The molecule has 12 nitrogen and oxygen atoms in total. The van der Waals surface area contributed by atoms with Crippen molar-refractivity contribution in [2.75, 3.05) is 25.4 Å². The summed E-state index contributed by atoms with van der Waals surface area (Å²) in [4.78, 5) is 26.9. The number of nitro groups is 1. The summed E-state index contributed by atoms with van der Waals surface area (Å²) in [6.07, 6.45) is 1.18. The quantitative estimate of drug-likeness (QED) is 0.135. The number of hydrazone groups is 1. The third-order valence-corrected chi connectivity index (χ3v) is 4.96. The van der Waals surface area contributed by atoms with Crippen molar-refractivity contribution in [1.29, 1.82) is 0 Å². The number of hydrogen-bond donors (Lipinski definition) is 3. The van der Waals surface area contributed by atoms with Crippen molar-refractivity contribution in [3.05, 3.63) is 57.6 Å². The summed E-state index contributed by atoms with van der Waals surface area (Å²) < 4.78 is 10.0. The van der Waals surface area contributed by atoms with Gasteiger partial charge in [0, 0.05) is 5.56 Å². The number of anilines is 1. The van der Waals surface area contributed by atoms with E-state index in [1.165, 1.54) is 19.4 Å². The third kappa shape index (κ3) is 5.51. The van der Waals surface area contributed by atoms with Crippen molar-refractivity contribution in [3.63, 3.8) is 0 Å². The Morgan fingerprint density at radius 1 is 1.31 bits per heavy atom. The van der Waals surface area contributed by atoms with Gasteiger partial charge in [0.2, 0.25) is 11.1 Å². The number of nitrogens with zero attached hydrogens (tertiary/aromatic N) is 4. The Hall–Kier alpha value is -4.13. The van der Waals surface area contributed by atoms with Crippen LogP contribution < -0.4 is 14.9 Å². The van der Waals surface area contributed by atoms with Gasteiger partial charge in [-0.15, -0.1) is 5.10 Å². The molecule has 0 aliphatic heterocycles. The predicted octanol–water partition coefficient (Wildman–Crippen LogP) is 2.86. The SMILES string of the molecule is COc1ccc(C(=O)CSc2n[nH]c(N/N=C\c3cc(OC)c(O)cc3[N+](=O)[O-])n2)cc1. The molecule has 0 radical (unpaired) electrons. The lowest BCUT2D eigenvalue weighted by Crippen LogP contribution is -2.02. The van der Waals surface area contributed by atoms with E-state index >= 15 is 0 Å². The highest BCUT2D eigenvalue weighted by Crippen LogP contribution is 2.32. The highest BCUT2D eigenvalue weighted by molar-refractivity contribution is 7.99. The normalized spacial score (nSPS) is 10.8. The zero-order chi connectivity index (χ0) is 23.1. The van der Waals surface area contributed by atoms with Crippen LogP contribution in [0.15, 0.2) is 46.7 Å². The van der Waals surface area contributed by atoms with Crippen LogP contribution in [0.3, 0.4) is 0 Å². The Labute approximate surface area is 185 Å². The molecule has 0 aliphatic rings. The van der Waals surface area contributed by atoms with E-state index in [1.807, 2.05) is 0 Å². The van der Waals surface area contributed by atoms with Crippen LogP contribution in [-0.2, 0) is 0 Å². The molecule has 0 spiro atoms. The number of nitro benzene ring substituents is 1. The lowest BCUT2D eigenvalue weighted by Gasteiger charge is -2.04. The number of Topliss-reactive ketones (excluding diaryl/α,β-unsaturated/α-hetero) is 1. The van der Waals surface area contributed by atoms with Crippen molar-refractivity contribution < 1.29 is 24.3 Å². The van der Waals surface area contributed by atoms with E-state index in [1.54, 1.807) is 31.4 Å². The summed E-state index contributed by atoms with van der Waals surface area (Å²) in [5.74, 6) is 0.585. The molecule has 166 valence electrons. The number of nitrogens with one attached hydrogen (secondary N) is 2. The Morgan fingerprint density at radius 2 is 2.06 bits per heavy atom.